The van der Waals surface area contributed by atoms with Gasteiger partial charge in [-0.05, 0) is 36.7 Å². The minimum absolute atomic E-state index is 0.347. The number of hydrogen-bond donors (Lipinski definition) is 0. The van der Waals surface area contributed by atoms with Crippen LogP contribution in [0, 0.1) is 0 Å². The first-order valence-electron chi connectivity index (χ1n) is 6.17. The van der Waals surface area contributed by atoms with Crippen molar-refractivity contribution in [2.75, 3.05) is 13.2 Å². The van der Waals surface area contributed by atoms with E-state index >= 15 is 0 Å². The molecule has 2 heterocycles. The Morgan fingerprint density at radius 2 is 1.84 bits per heavy atom. The van der Waals surface area contributed by atoms with Crippen molar-refractivity contribution < 1.29 is 13.6 Å². The van der Waals surface area contributed by atoms with Crippen LogP contribution in [0.3, 0.4) is 0 Å². The summed E-state index contributed by atoms with van der Waals surface area (Å²) in [6.45, 7) is 4.47. The third-order valence-corrected chi connectivity index (χ3v) is 6.57. The van der Waals surface area contributed by atoms with E-state index in [2.05, 4.69) is 12.1 Å². The molecule has 0 amide bonds. The van der Waals surface area contributed by atoms with Gasteiger partial charge in [-0.15, -0.1) is 22.7 Å². The molecule has 0 aliphatic rings. The molecule has 0 aliphatic carbocycles. The molecule has 2 rings (SSSR count). The quantitative estimate of drug-likeness (QED) is 0.655. The van der Waals surface area contributed by atoms with Crippen LogP contribution in [-0.2, 0) is 19.8 Å². The molecule has 2 aromatic rings. The largest absolute Gasteiger partial charge is 0.335 e. The molecule has 0 aliphatic heterocycles. The van der Waals surface area contributed by atoms with Crippen LogP contribution >= 0.6 is 30.3 Å². The van der Waals surface area contributed by atoms with E-state index in [1.807, 2.05) is 30.7 Å². The molecule has 0 radical (unpaired) electrons. The Balaban J connectivity index is 2.23. The van der Waals surface area contributed by atoms with Crippen molar-refractivity contribution >= 4 is 30.3 Å². The Kier molecular flexibility index (Phi) is 5.37. The maximum absolute atomic E-state index is 12.6. The maximum atomic E-state index is 12.6. The van der Waals surface area contributed by atoms with Gasteiger partial charge < -0.3 is 9.05 Å². The van der Waals surface area contributed by atoms with E-state index < -0.39 is 7.60 Å². The maximum Gasteiger partial charge on any atom is 0.335 e. The fourth-order valence-corrected chi connectivity index (χ4v) is 5.67. The second-order valence-corrected chi connectivity index (χ2v) is 7.84. The summed E-state index contributed by atoms with van der Waals surface area (Å²) in [5, 5.41) is 4.06. The topological polar surface area (TPSA) is 35.5 Å². The van der Waals surface area contributed by atoms with E-state index in [0.717, 1.165) is 10.4 Å². The van der Waals surface area contributed by atoms with E-state index in [-0.39, 0.29) is 0 Å². The smallest absolute Gasteiger partial charge is 0.309 e. The second kappa shape index (κ2) is 6.82. The molecule has 0 saturated carbocycles. The van der Waals surface area contributed by atoms with Gasteiger partial charge in [-0.2, -0.15) is 0 Å². The molecule has 0 unspecified atom stereocenters. The molecule has 0 aromatic carbocycles. The summed E-state index contributed by atoms with van der Waals surface area (Å²) in [6, 6.07) is 6.16. The summed E-state index contributed by atoms with van der Waals surface area (Å²) in [7, 11) is -3.02. The van der Waals surface area contributed by atoms with E-state index in [0.29, 0.717) is 19.4 Å². The molecule has 0 saturated heterocycles. The number of rotatable bonds is 7. The van der Waals surface area contributed by atoms with Crippen molar-refractivity contribution in [3.05, 3.63) is 33.8 Å². The van der Waals surface area contributed by atoms with Gasteiger partial charge in [0.1, 0.15) is 0 Å². The van der Waals surface area contributed by atoms with Crippen LogP contribution in [-0.4, -0.2) is 13.2 Å². The first kappa shape index (κ1) is 14.9. The van der Waals surface area contributed by atoms with Crippen LogP contribution < -0.4 is 0 Å². The second-order valence-electron chi connectivity index (χ2n) is 3.84. The Morgan fingerprint density at radius 1 is 1.11 bits per heavy atom. The zero-order valence-corrected chi connectivity index (χ0v) is 13.5. The van der Waals surface area contributed by atoms with Crippen molar-refractivity contribution in [2.24, 2.45) is 0 Å². The minimum Gasteiger partial charge on any atom is -0.309 e. The molecule has 0 atom stereocenters. The van der Waals surface area contributed by atoms with Gasteiger partial charge in [0.2, 0.25) is 0 Å². The van der Waals surface area contributed by atoms with Gasteiger partial charge in [0.25, 0.3) is 0 Å². The van der Waals surface area contributed by atoms with Crippen molar-refractivity contribution in [3.63, 3.8) is 0 Å². The SMILES string of the molecule is CCOP(=O)(Cc1sccc1-c1cccs1)OCC. The van der Waals surface area contributed by atoms with Gasteiger partial charge in [-0.3, -0.25) is 4.57 Å². The summed E-state index contributed by atoms with van der Waals surface area (Å²) >= 11 is 3.28. The molecule has 104 valence electrons. The lowest BCUT2D eigenvalue weighted by Gasteiger charge is -2.16. The first-order chi connectivity index (χ1) is 9.18. The van der Waals surface area contributed by atoms with Gasteiger partial charge in [-0.1, -0.05) is 6.07 Å². The van der Waals surface area contributed by atoms with Crippen molar-refractivity contribution in [1.29, 1.82) is 0 Å². The minimum atomic E-state index is -3.02. The highest BCUT2D eigenvalue weighted by Gasteiger charge is 2.26. The fourth-order valence-electron chi connectivity index (χ4n) is 1.81. The van der Waals surface area contributed by atoms with Crippen LogP contribution in [0.4, 0.5) is 0 Å². The number of hydrogen-bond acceptors (Lipinski definition) is 5. The third kappa shape index (κ3) is 3.77. The number of thiophene rings is 2. The van der Waals surface area contributed by atoms with Gasteiger partial charge in [0, 0.05) is 15.3 Å². The predicted octanol–water partition coefficient (Wildman–Crippen LogP) is 5.24. The van der Waals surface area contributed by atoms with E-state index in [1.54, 1.807) is 22.7 Å². The zero-order valence-electron chi connectivity index (χ0n) is 11.0. The van der Waals surface area contributed by atoms with Crippen molar-refractivity contribution in [1.82, 2.24) is 0 Å². The molecule has 0 N–H and O–H groups in total. The van der Waals surface area contributed by atoms with E-state index in [4.69, 9.17) is 9.05 Å². The Morgan fingerprint density at radius 3 is 2.42 bits per heavy atom. The standard InChI is InChI=1S/C13H17O3PS2/c1-3-15-17(14,16-4-2)10-13-11(7-9-19-13)12-6-5-8-18-12/h5-9H,3-4,10H2,1-2H3. The fraction of sp³-hybridized carbons (Fsp3) is 0.385. The van der Waals surface area contributed by atoms with Crippen LogP contribution in [0.15, 0.2) is 29.0 Å². The molecule has 0 fully saturated rings. The Bertz CT molecular complexity index is 538. The molecule has 19 heavy (non-hydrogen) atoms. The third-order valence-electron chi connectivity index (χ3n) is 2.52. The molecule has 2 aromatic heterocycles. The average Bonchev–Trinajstić information content (AvgIpc) is 2.99. The molecule has 3 nitrogen and oxygen atoms in total. The van der Waals surface area contributed by atoms with E-state index in [1.165, 1.54) is 4.88 Å². The molecular formula is C13H17O3PS2. The van der Waals surface area contributed by atoms with E-state index in [9.17, 15) is 4.57 Å². The van der Waals surface area contributed by atoms with Crippen molar-refractivity contribution in [2.45, 2.75) is 20.0 Å². The lowest BCUT2D eigenvalue weighted by atomic mass is 10.2. The lowest BCUT2D eigenvalue weighted by Crippen LogP contribution is -1.98. The van der Waals surface area contributed by atoms with Gasteiger partial charge in [0.15, 0.2) is 0 Å². The van der Waals surface area contributed by atoms with Gasteiger partial charge in [0.05, 0.1) is 19.4 Å². The highest BCUT2D eigenvalue weighted by Crippen LogP contribution is 2.53. The summed E-state index contributed by atoms with van der Waals surface area (Å²) in [5.41, 5.74) is 1.14. The highest BCUT2D eigenvalue weighted by molar-refractivity contribution is 7.53. The monoisotopic (exact) mass is 316 g/mol. The van der Waals surface area contributed by atoms with Crippen LogP contribution in [0.25, 0.3) is 10.4 Å². The molecule has 6 heteroatoms. The predicted molar refractivity (Wildman–Crippen MR) is 82.2 cm³/mol. The average molecular weight is 316 g/mol. The van der Waals surface area contributed by atoms with Crippen LogP contribution in [0.1, 0.15) is 18.7 Å². The van der Waals surface area contributed by atoms with Gasteiger partial charge in [-0.25, -0.2) is 0 Å². The molecular weight excluding hydrogens is 299 g/mol. The van der Waals surface area contributed by atoms with Crippen molar-refractivity contribution in [3.8, 4) is 10.4 Å². The van der Waals surface area contributed by atoms with Gasteiger partial charge >= 0.3 is 7.60 Å². The normalized spacial score (nSPS) is 11.9. The molecule has 0 spiro atoms. The Hall–Kier alpha value is -0.450. The van der Waals surface area contributed by atoms with Crippen LogP contribution in [0.5, 0.6) is 0 Å². The zero-order chi connectivity index (χ0) is 13.7. The lowest BCUT2D eigenvalue weighted by molar-refractivity contribution is 0.219. The summed E-state index contributed by atoms with van der Waals surface area (Å²) in [4.78, 5) is 2.25. The Labute approximate surface area is 121 Å². The highest BCUT2D eigenvalue weighted by atomic mass is 32.1. The summed E-state index contributed by atoms with van der Waals surface area (Å²) < 4.78 is 23.3. The first-order valence-corrected chi connectivity index (χ1v) is 9.65. The molecule has 0 bridgehead atoms. The van der Waals surface area contributed by atoms with Crippen LogP contribution in [0.2, 0.25) is 0 Å². The summed E-state index contributed by atoms with van der Waals surface area (Å²) in [5.74, 6) is 0. The summed E-state index contributed by atoms with van der Waals surface area (Å²) in [6.07, 6.45) is 0.347.